The van der Waals surface area contributed by atoms with Crippen LogP contribution in [0, 0.1) is 0 Å². The van der Waals surface area contributed by atoms with Gasteiger partial charge in [0.25, 0.3) is 0 Å². The lowest BCUT2D eigenvalue weighted by atomic mass is 10.1. The number of amides is 1. The molecule has 17 heavy (non-hydrogen) atoms. The molecule has 2 rings (SSSR count). The monoisotopic (exact) mass is 318 g/mol. The van der Waals surface area contributed by atoms with E-state index in [0.717, 1.165) is 35.0 Å². The number of nitrogens with zero attached hydrogens (tertiary/aromatic N) is 3. The Balaban J connectivity index is 1.69. The molecule has 0 atom stereocenters. The Hall–Kier alpha value is -0.690. The SMILES string of the molecule is O=C(CCNc1nnc(Br)s1)N1CCCCC1. The van der Waals surface area contributed by atoms with Crippen molar-refractivity contribution < 1.29 is 4.79 Å². The van der Waals surface area contributed by atoms with E-state index < -0.39 is 0 Å². The highest BCUT2D eigenvalue weighted by molar-refractivity contribution is 9.11. The maximum atomic E-state index is 11.8. The number of anilines is 1. The van der Waals surface area contributed by atoms with E-state index in [0.29, 0.717) is 13.0 Å². The van der Waals surface area contributed by atoms with Gasteiger partial charge in [-0.05, 0) is 35.2 Å². The second kappa shape index (κ2) is 6.30. The normalized spacial score (nSPS) is 15.9. The average Bonchev–Trinajstić information content (AvgIpc) is 2.76. The van der Waals surface area contributed by atoms with Crippen molar-refractivity contribution in [3.05, 3.63) is 3.92 Å². The Morgan fingerprint density at radius 2 is 2.12 bits per heavy atom. The number of nitrogens with one attached hydrogen (secondary N) is 1. The van der Waals surface area contributed by atoms with E-state index in [4.69, 9.17) is 0 Å². The van der Waals surface area contributed by atoms with Crippen molar-refractivity contribution in [3.63, 3.8) is 0 Å². The minimum absolute atomic E-state index is 0.237. The molecule has 1 amide bonds. The Kier molecular flexibility index (Phi) is 4.73. The summed E-state index contributed by atoms with van der Waals surface area (Å²) < 4.78 is 0.752. The van der Waals surface area contributed by atoms with Gasteiger partial charge in [-0.15, -0.1) is 10.2 Å². The van der Waals surface area contributed by atoms with Gasteiger partial charge in [-0.2, -0.15) is 0 Å². The summed E-state index contributed by atoms with van der Waals surface area (Å²) >= 11 is 4.68. The van der Waals surface area contributed by atoms with Crippen LogP contribution in [0.15, 0.2) is 3.92 Å². The van der Waals surface area contributed by atoms with E-state index in [9.17, 15) is 4.79 Å². The Morgan fingerprint density at radius 1 is 1.35 bits per heavy atom. The molecule has 7 heteroatoms. The molecule has 1 fully saturated rings. The summed E-state index contributed by atoms with van der Waals surface area (Å²) in [7, 11) is 0. The molecular weight excluding hydrogens is 304 g/mol. The maximum Gasteiger partial charge on any atom is 0.224 e. The minimum atomic E-state index is 0.237. The summed E-state index contributed by atoms with van der Waals surface area (Å²) in [6, 6.07) is 0. The summed E-state index contributed by atoms with van der Waals surface area (Å²) in [6.45, 7) is 2.46. The molecule has 1 aromatic rings. The molecular formula is C10H15BrN4OS. The van der Waals surface area contributed by atoms with Gasteiger partial charge >= 0.3 is 0 Å². The first-order valence-electron chi connectivity index (χ1n) is 5.76. The third kappa shape index (κ3) is 3.92. The molecule has 1 aromatic heterocycles. The fourth-order valence-electron chi connectivity index (χ4n) is 1.85. The third-order valence-electron chi connectivity index (χ3n) is 2.72. The number of hydrogen-bond donors (Lipinski definition) is 1. The van der Waals surface area contributed by atoms with Crippen molar-refractivity contribution in [1.82, 2.24) is 15.1 Å². The summed E-state index contributed by atoms with van der Waals surface area (Å²) in [5, 5.41) is 11.6. The molecule has 1 aliphatic rings. The molecule has 1 saturated heterocycles. The lowest BCUT2D eigenvalue weighted by Gasteiger charge is -2.26. The van der Waals surface area contributed by atoms with Crippen LogP contribution >= 0.6 is 27.3 Å². The summed E-state index contributed by atoms with van der Waals surface area (Å²) in [5.41, 5.74) is 0. The third-order valence-corrected chi connectivity index (χ3v) is 4.04. The molecule has 0 aromatic carbocycles. The zero-order valence-electron chi connectivity index (χ0n) is 9.49. The van der Waals surface area contributed by atoms with Gasteiger partial charge < -0.3 is 10.2 Å². The fraction of sp³-hybridized carbons (Fsp3) is 0.700. The zero-order chi connectivity index (χ0) is 12.1. The van der Waals surface area contributed by atoms with Crippen LogP contribution in [0.3, 0.4) is 0 Å². The van der Waals surface area contributed by atoms with Gasteiger partial charge in [-0.25, -0.2) is 0 Å². The number of likely N-dealkylation sites (tertiary alicyclic amines) is 1. The van der Waals surface area contributed by atoms with E-state index in [2.05, 4.69) is 31.4 Å². The van der Waals surface area contributed by atoms with Crippen LogP contribution in [0.1, 0.15) is 25.7 Å². The average molecular weight is 319 g/mol. The first kappa shape index (κ1) is 12.8. The fourth-order valence-corrected chi connectivity index (χ4v) is 2.89. The van der Waals surface area contributed by atoms with Crippen LogP contribution in [-0.4, -0.2) is 40.6 Å². The topological polar surface area (TPSA) is 58.1 Å². The lowest BCUT2D eigenvalue weighted by Crippen LogP contribution is -2.36. The molecule has 0 bridgehead atoms. The minimum Gasteiger partial charge on any atom is -0.360 e. The molecule has 1 aliphatic heterocycles. The van der Waals surface area contributed by atoms with Crippen molar-refractivity contribution in [2.24, 2.45) is 0 Å². The zero-order valence-corrected chi connectivity index (χ0v) is 11.9. The van der Waals surface area contributed by atoms with Crippen molar-refractivity contribution in [3.8, 4) is 0 Å². The predicted molar refractivity (Wildman–Crippen MR) is 71.1 cm³/mol. The van der Waals surface area contributed by atoms with Crippen LogP contribution in [0.2, 0.25) is 0 Å². The second-order valence-electron chi connectivity index (χ2n) is 3.98. The number of aromatic nitrogens is 2. The molecule has 2 heterocycles. The van der Waals surface area contributed by atoms with Gasteiger partial charge in [-0.3, -0.25) is 4.79 Å². The number of halogens is 1. The largest absolute Gasteiger partial charge is 0.360 e. The smallest absolute Gasteiger partial charge is 0.224 e. The molecule has 1 N–H and O–H groups in total. The number of rotatable bonds is 4. The predicted octanol–water partition coefficient (Wildman–Crippen LogP) is 2.12. The van der Waals surface area contributed by atoms with E-state index in [-0.39, 0.29) is 5.91 Å². The standard InChI is InChI=1S/C10H15BrN4OS/c11-9-13-14-10(17-9)12-5-4-8(16)15-6-2-1-3-7-15/h1-7H2,(H,12,14). The van der Waals surface area contributed by atoms with Crippen molar-refractivity contribution in [2.45, 2.75) is 25.7 Å². The van der Waals surface area contributed by atoms with Crippen molar-refractivity contribution in [1.29, 1.82) is 0 Å². The van der Waals surface area contributed by atoms with Crippen LogP contribution in [-0.2, 0) is 4.79 Å². The molecule has 0 aliphatic carbocycles. The number of carbonyl (C=O) groups is 1. The van der Waals surface area contributed by atoms with Crippen LogP contribution in [0.4, 0.5) is 5.13 Å². The van der Waals surface area contributed by atoms with E-state index in [1.165, 1.54) is 17.8 Å². The maximum absolute atomic E-state index is 11.8. The highest BCUT2D eigenvalue weighted by Gasteiger charge is 2.15. The van der Waals surface area contributed by atoms with Gasteiger partial charge in [0.15, 0.2) is 3.92 Å². The number of piperidine rings is 1. The van der Waals surface area contributed by atoms with E-state index in [1.807, 2.05) is 4.90 Å². The Bertz CT molecular complexity index is 378. The van der Waals surface area contributed by atoms with E-state index in [1.54, 1.807) is 0 Å². The van der Waals surface area contributed by atoms with Gasteiger partial charge in [0.2, 0.25) is 11.0 Å². The summed E-state index contributed by atoms with van der Waals surface area (Å²) in [6.07, 6.45) is 4.06. The van der Waals surface area contributed by atoms with Gasteiger partial charge in [-0.1, -0.05) is 11.3 Å². The second-order valence-corrected chi connectivity index (χ2v) is 6.23. The first-order chi connectivity index (χ1) is 8.25. The van der Waals surface area contributed by atoms with Crippen LogP contribution < -0.4 is 5.32 Å². The summed E-state index contributed by atoms with van der Waals surface area (Å²) in [4.78, 5) is 13.8. The molecule has 0 spiro atoms. The first-order valence-corrected chi connectivity index (χ1v) is 7.37. The Labute approximate surface area is 113 Å². The quantitative estimate of drug-likeness (QED) is 0.923. The van der Waals surface area contributed by atoms with Crippen LogP contribution in [0.5, 0.6) is 0 Å². The molecule has 5 nitrogen and oxygen atoms in total. The van der Waals surface area contributed by atoms with Gasteiger partial charge in [0.1, 0.15) is 0 Å². The molecule has 0 saturated carbocycles. The molecule has 94 valence electrons. The number of carbonyl (C=O) groups excluding carboxylic acids is 1. The number of hydrogen-bond acceptors (Lipinski definition) is 5. The summed E-state index contributed by atoms with van der Waals surface area (Å²) in [5.74, 6) is 0.237. The Morgan fingerprint density at radius 3 is 2.76 bits per heavy atom. The van der Waals surface area contributed by atoms with Crippen molar-refractivity contribution >= 4 is 38.3 Å². The molecule has 0 unspecified atom stereocenters. The highest BCUT2D eigenvalue weighted by Crippen LogP contribution is 2.19. The molecule has 0 radical (unpaired) electrons. The van der Waals surface area contributed by atoms with Gasteiger partial charge in [0, 0.05) is 26.1 Å². The van der Waals surface area contributed by atoms with Crippen LogP contribution in [0.25, 0.3) is 0 Å². The highest BCUT2D eigenvalue weighted by atomic mass is 79.9. The van der Waals surface area contributed by atoms with E-state index >= 15 is 0 Å². The van der Waals surface area contributed by atoms with Crippen molar-refractivity contribution in [2.75, 3.05) is 25.0 Å². The van der Waals surface area contributed by atoms with Gasteiger partial charge in [0.05, 0.1) is 0 Å². The lowest BCUT2D eigenvalue weighted by molar-refractivity contribution is -0.131.